The minimum absolute atomic E-state index is 0.392. The highest BCUT2D eigenvalue weighted by molar-refractivity contribution is 5.19. The summed E-state index contributed by atoms with van der Waals surface area (Å²) in [5, 5.41) is 0. The molecule has 0 aliphatic heterocycles. The highest BCUT2D eigenvalue weighted by atomic mass is 19.1. The van der Waals surface area contributed by atoms with E-state index in [1.807, 2.05) is 13.0 Å². The second kappa shape index (κ2) is 2.62. The Bertz CT molecular complexity index is 176. The Hall–Kier alpha value is -0.850. The molecule has 0 fully saturated rings. The zero-order valence-electron chi connectivity index (χ0n) is 5.32. The number of benzene rings is 1. The molecule has 47 valence electrons. The summed E-state index contributed by atoms with van der Waals surface area (Å²) in [5.74, 6) is 0. The molecule has 0 unspecified atom stereocenters. The standard InChI is InChI=1S/C8H8F/c1-7-2-4-8(6-9)5-3-7/h2,4-5H,6H2,1H3. The first-order valence-corrected chi connectivity index (χ1v) is 2.86. The zero-order valence-corrected chi connectivity index (χ0v) is 5.32. The van der Waals surface area contributed by atoms with Gasteiger partial charge in [-0.25, -0.2) is 4.39 Å². The van der Waals surface area contributed by atoms with Crippen molar-refractivity contribution >= 4 is 0 Å². The molecule has 0 saturated heterocycles. The lowest BCUT2D eigenvalue weighted by Crippen LogP contribution is -1.77. The molecule has 9 heavy (non-hydrogen) atoms. The fraction of sp³-hybridized carbons (Fsp3) is 0.250. The highest BCUT2D eigenvalue weighted by Gasteiger charge is 1.87. The molecule has 0 bridgehead atoms. The number of alkyl halides is 1. The van der Waals surface area contributed by atoms with Gasteiger partial charge in [0.05, 0.1) is 0 Å². The van der Waals surface area contributed by atoms with Crippen molar-refractivity contribution in [3.63, 3.8) is 0 Å². The maximum absolute atomic E-state index is 11.8. The van der Waals surface area contributed by atoms with Gasteiger partial charge in [-0.15, -0.1) is 0 Å². The fourth-order valence-electron chi connectivity index (χ4n) is 0.618. The van der Waals surface area contributed by atoms with Gasteiger partial charge >= 0.3 is 0 Å². The summed E-state index contributed by atoms with van der Waals surface area (Å²) in [6.45, 7) is 1.54. The van der Waals surface area contributed by atoms with Crippen LogP contribution in [0.15, 0.2) is 18.2 Å². The Morgan fingerprint density at radius 1 is 1.56 bits per heavy atom. The first kappa shape index (κ1) is 6.27. The van der Waals surface area contributed by atoms with E-state index in [1.165, 1.54) is 0 Å². The van der Waals surface area contributed by atoms with Crippen molar-refractivity contribution in [3.8, 4) is 0 Å². The van der Waals surface area contributed by atoms with Crippen LogP contribution in [0.5, 0.6) is 0 Å². The summed E-state index contributed by atoms with van der Waals surface area (Å²) in [6.07, 6.45) is 0. The highest BCUT2D eigenvalue weighted by Crippen LogP contribution is 2.02. The van der Waals surface area contributed by atoms with Crippen LogP contribution in [-0.2, 0) is 6.67 Å². The van der Waals surface area contributed by atoms with E-state index in [4.69, 9.17) is 0 Å². The van der Waals surface area contributed by atoms with Crippen LogP contribution in [-0.4, -0.2) is 0 Å². The zero-order chi connectivity index (χ0) is 6.69. The average molecular weight is 123 g/mol. The third-order valence-corrected chi connectivity index (χ3v) is 1.19. The number of rotatable bonds is 1. The Labute approximate surface area is 54.3 Å². The van der Waals surface area contributed by atoms with E-state index in [1.54, 1.807) is 12.1 Å². The summed E-state index contributed by atoms with van der Waals surface area (Å²) >= 11 is 0. The summed E-state index contributed by atoms with van der Waals surface area (Å²) in [7, 11) is 0. The van der Waals surface area contributed by atoms with Crippen molar-refractivity contribution in [1.82, 2.24) is 0 Å². The van der Waals surface area contributed by atoms with E-state index < -0.39 is 6.67 Å². The summed E-state index contributed by atoms with van der Waals surface area (Å²) in [5.41, 5.74) is 1.74. The number of hydrogen-bond donors (Lipinski definition) is 0. The molecular formula is C8H8F. The SMILES string of the molecule is Cc1[c]cc(CF)cc1. The van der Waals surface area contributed by atoms with Crippen molar-refractivity contribution in [1.29, 1.82) is 0 Å². The predicted molar refractivity (Wildman–Crippen MR) is 34.8 cm³/mol. The Morgan fingerprint density at radius 3 is 2.78 bits per heavy atom. The summed E-state index contributed by atoms with van der Waals surface area (Å²) < 4.78 is 11.8. The Balaban J connectivity index is 2.88. The molecule has 0 saturated carbocycles. The normalized spacial score (nSPS) is 9.56. The van der Waals surface area contributed by atoms with Crippen molar-refractivity contribution in [3.05, 3.63) is 35.4 Å². The van der Waals surface area contributed by atoms with E-state index in [-0.39, 0.29) is 0 Å². The fourth-order valence-corrected chi connectivity index (χ4v) is 0.618. The molecule has 1 rings (SSSR count). The molecule has 1 aromatic carbocycles. The van der Waals surface area contributed by atoms with Crippen LogP contribution in [0.25, 0.3) is 0 Å². The van der Waals surface area contributed by atoms with Crippen LogP contribution >= 0.6 is 0 Å². The summed E-state index contributed by atoms with van der Waals surface area (Å²) in [6, 6.07) is 8.21. The number of halogens is 1. The van der Waals surface area contributed by atoms with Crippen LogP contribution in [0.3, 0.4) is 0 Å². The van der Waals surface area contributed by atoms with Gasteiger partial charge in [-0.05, 0) is 30.2 Å². The van der Waals surface area contributed by atoms with Gasteiger partial charge in [0, 0.05) is 0 Å². The van der Waals surface area contributed by atoms with Crippen molar-refractivity contribution in [2.75, 3.05) is 0 Å². The third kappa shape index (κ3) is 1.53. The van der Waals surface area contributed by atoms with Gasteiger partial charge in [0.1, 0.15) is 6.67 Å². The van der Waals surface area contributed by atoms with Gasteiger partial charge < -0.3 is 0 Å². The van der Waals surface area contributed by atoms with Gasteiger partial charge in [0.25, 0.3) is 0 Å². The quantitative estimate of drug-likeness (QED) is 0.537. The molecule has 0 N–H and O–H groups in total. The Kier molecular flexibility index (Phi) is 1.83. The van der Waals surface area contributed by atoms with Gasteiger partial charge in [-0.2, -0.15) is 0 Å². The maximum atomic E-state index is 11.8. The molecule has 0 aromatic heterocycles. The van der Waals surface area contributed by atoms with E-state index in [0.29, 0.717) is 5.56 Å². The van der Waals surface area contributed by atoms with Crippen LogP contribution in [0, 0.1) is 13.0 Å². The molecule has 0 atom stereocenters. The van der Waals surface area contributed by atoms with Crippen LogP contribution in [0.2, 0.25) is 0 Å². The summed E-state index contributed by atoms with van der Waals surface area (Å²) in [4.78, 5) is 0. The van der Waals surface area contributed by atoms with Gasteiger partial charge in [-0.1, -0.05) is 12.1 Å². The van der Waals surface area contributed by atoms with Crippen molar-refractivity contribution in [2.24, 2.45) is 0 Å². The molecule has 0 spiro atoms. The minimum atomic E-state index is -0.392. The number of hydrogen-bond acceptors (Lipinski definition) is 0. The van der Waals surface area contributed by atoms with Crippen LogP contribution < -0.4 is 0 Å². The minimum Gasteiger partial charge on any atom is -0.246 e. The van der Waals surface area contributed by atoms with Crippen molar-refractivity contribution < 1.29 is 4.39 Å². The smallest absolute Gasteiger partial charge is 0.115 e. The lowest BCUT2D eigenvalue weighted by Gasteiger charge is -1.91. The number of aryl methyl sites for hydroxylation is 1. The average Bonchev–Trinajstić information content (AvgIpc) is 1.90. The largest absolute Gasteiger partial charge is 0.246 e. The second-order valence-corrected chi connectivity index (χ2v) is 2.01. The van der Waals surface area contributed by atoms with Gasteiger partial charge in [0.15, 0.2) is 0 Å². The molecule has 0 aliphatic rings. The van der Waals surface area contributed by atoms with E-state index >= 15 is 0 Å². The maximum Gasteiger partial charge on any atom is 0.115 e. The van der Waals surface area contributed by atoms with E-state index in [2.05, 4.69) is 6.07 Å². The van der Waals surface area contributed by atoms with Gasteiger partial charge in [-0.3, -0.25) is 0 Å². The predicted octanol–water partition coefficient (Wildman–Crippen LogP) is 2.26. The monoisotopic (exact) mass is 123 g/mol. The molecule has 1 radical (unpaired) electrons. The molecule has 0 heterocycles. The van der Waals surface area contributed by atoms with Crippen LogP contribution in [0.4, 0.5) is 4.39 Å². The van der Waals surface area contributed by atoms with E-state index in [0.717, 1.165) is 5.56 Å². The molecular weight excluding hydrogens is 115 g/mol. The second-order valence-electron chi connectivity index (χ2n) is 2.01. The molecule has 0 nitrogen and oxygen atoms in total. The molecule has 0 aliphatic carbocycles. The lowest BCUT2D eigenvalue weighted by atomic mass is 10.2. The van der Waals surface area contributed by atoms with Crippen molar-refractivity contribution in [2.45, 2.75) is 13.6 Å². The van der Waals surface area contributed by atoms with Gasteiger partial charge in [0.2, 0.25) is 0 Å². The van der Waals surface area contributed by atoms with Crippen LogP contribution in [0.1, 0.15) is 11.1 Å². The third-order valence-electron chi connectivity index (χ3n) is 1.19. The molecule has 1 aromatic rings. The van der Waals surface area contributed by atoms with E-state index in [9.17, 15) is 4.39 Å². The molecule has 0 amide bonds. The first-order valence-electron chi connectivity index (χ1n) is 2.86. The first-order chi connectivity index (χ1) is 4.33. The lowest BCUT2D eigenvalue weighted by molar-refractivity contribution is 0.485. The topological polar surface area (TPSA) is 0 Å². The Morgan fingerprint density at radius 2 is 2.33 bits per heavy atom. The molecule has 1 heteroatoms.